The Labute approximate surface area is 203 Å². The van der Waals surface area contributed by atoms with Gasteiger partial charge in [-0.25, -0.2) is 0 Å². The zero-order valence-electron chi connectivity index (χ0n) is 17.4. The van der Waals surface area contributed by atoms with E-state index in [0.29, 0.717) is 22.7 Å². The van der Waals surface area contributed by atoms with E-state index in [4.69, 9.17) is 9.47 Å². The lowest BCUT2D eigenvalue weighted by Gasteiger charge is -2.11. The van der Waals surface area contributed by atoms with Crippen molar-refractivity contribution in [1.29, 1.82) is 5.26 Å². The van der Waals surface area contributed by atoms with Gasteiger partial charge in [0.25, 0.3) is 11.6 Å². The van der Waals surface area contributed by atoms with Crippen LogP contribution in [0, 0.1) is 25.0 Å². The summed E-state index contributed by atoms with van der Waals surface area (Å²) in [5.74, 6) is 0.354. The molecule has 0 bridgehead atoms. The summed E-state index contributed by atoms with van der Waals surface area (Å²) >= 11 is 2.16. The summed E-state index contributed by atoms with van der Waals surface area (Å²) in [7, 11) is 1.48. The molecule has 0 spiro atoms. The number of methoxy groups -OCH3 is 1. The maximum atomic E-state index is 12.5. The minimum Gasteiger partial charge on any atom is -0.493 e. The van der Waals surface area contributed by atoms with Crippen LogP contribution in [0.5, 0.6) is 11.5 Å². The molecule has 0 heterocycles. The number of nitrogens with zero attached hydrogens (tertiary/aromatic N) is 2. The van der Waals surface area contributed by atoms with Gasteiger partial charge in [0.05, 0.1) is 12.0 Å². The Morgan fingerprint density at radius 1 is 1.12 bits per heavy atom. The lowest BCUT2D eigenvalue weighted by molar-refractivity contribution is -0.384. The van der Waals surface area contributed by atoms with Gasteiger partial charge in [0.1, 0.15) is 18.2 Å². The molecule has 0 aliphatic carbocycles. The number of carbonyl (C=O) groups is 1. The van der Waals surface area contributed by atoms with Crippen LogP contribution in [0.3, 0.4) is 0 Å². The number of hydrogen-bond donors (Lipinski definition) is 1. The molecule has 0 aliphatic rings. The van der Waals surface area contributed by atoms with Gasteiger partial charge in [0, 0.05) is 21.4 Å². The summed E-state index contributed by atoms with van der Waals surface area (Å²) in [6.45, 7) is 0.186. The van der Waals surface area contributed by atoms with Crippen molar-refractivity contribution in [2.45, 2.75) is 6.61 Å². The zero-order chi connectivity index (χ0) is 23.8. The standard InChI is InChI=1S/C24H18IN3O5/c1-32-23-13-17(12-18(14-26)24(29)27-20-7-5-19(25)6-8-20)4-11-22(23)33-15-16-2-9-21(10-3-16)28(30)31/h2-13H,15H2,1H3,(H,27,29)/b18-12+. The van der Waals surface area contributed by atoms with Gasteiger partial charge in [-0.05, 0) is 88.3 Å². The fourth-order valence-electron chi connectivity index (χ4n) is 2.82. The van der Waals surface area contributed by atoms with Crippen LogP contribution in [-0.2, 0) is 11.4 Å². The topological polar surface area (TPSA) is 114 Å². The maximum Gasteiger partial charge on any atom is 0.269 e. The van der Waals surface area contributed by atoms with E-state index in [1.54, 1.807) is 42.5 Å². The van der Waals surface area contributed by atoms with Crippen molar-refractivity contribution in [3.63, 3.8) is 0 Å². The summed E-state index contributed by atoms with van der Waals surface area (Å²) in [4.78, 5) is 22.8. The first-order valence-corrected chi connectivity index (χ1v) is 10.7. The highest BCUT2D eigenvalue weighted by Gasteiger charge is 2.12. The number of halogens is 1. The molecule has 9 heteroatoms. The maximum absolute atomic E-state index is 12.5. The molecular formula is C24H18IN3O5. The molecule has 8 nitrogen and oxygen atoms in total. The predicted molar refractivity (Wildman–Crippen MR) is 132 cm³/mol. The molecule has 1 N–H and O–H groups in total. The van der Waals surface area contributed by atoms with Crippen molar-refractivity contribution in [1.82, 2.24) is 0 Å². The molecule has 3 aromatic rings. The molecule has 0 saturated carbocycles. The van der Waals surface area contributed by atoms with E-state index < -0.39 is 10.8 Å². The molecule has 0 aliphatic heterocycles. The molecular weight excluding hydrogens is 537 g/mol. The Kier molecular flexibility index (Phi) is 7.99. The first-order chi connectivity index (χ1) is 15.9. The van der Waals surface area contributed by atoms with E-state index in [0.717, 1.165) is 9.13 Å². The molecule has 3 aromatic carbocycles. The number of non-ortho nitro benzene ring substituents is 1. The van der Waals surface area contributed by atoms with Crippen LogP contribution >= 0.6 is 22.6 Å². The van der Waals surface area contributed by atoms with Gasteiger partial charge in [0.2, 0.25) is 0 Å². The Morgan fingerprint density at radius 2 is 1.82 bits per heavy atom. The zero-order valence-corrected chi connectivity index (χ0v) is 19.6. The van der Waals surface area contributed by atoms with Gasteiger partial charge >= 0.3 is 0 Å². The van der Waals surface area contributed by atoms with Gasteiger partial charge < -0.3 is 14.8 Å². The first-order valence-electron chi connectivity index (χ1n) is 9.62. The number of hydrogen-bond acceptors (Lipinski definition) is 6. The Morgan fingerprint density at radius 3 is 2.42 bits per heavy atom. The van der Waals surface area contributed by atoms with Crippen molar-refractivity contribution in [2.24, 2.45) is 0 Å². The monoisotopic (exact) mass is 555 g/mol. The smallest absolute Gasteiger partial charge is 0.269 e. The van der Waals surface area contributed by atoms with Crippen LogP contribution in [0.15, 0.2) is 72.3 Å². The molecule has 1 amide bonds. The number of benzene rings is 3. The second-order valence-electron chi connectivity index (χ2n) is 6.75. The van der Waals surface area contributed by atoms with E-state index in [9.17, 15) is 20.2 Å². The van der Waals surface area contributed by atoms with Crippen LogP contribution in [0.2, 0.25) is 0 Å². The molecule has 3 rings (SSSR count). The van der Waals surface area contributed by atoms with E-state index in [1.807, 2.05) is 18.2 Å². The van der Waals surface area contributed by atoms with Gasteiger partial charge in [-0.2, -0.15) is 5.26 Å². The van der Waals surface area contributed by atoms with Crippen LogP contribution < -0.4 is 14.8 Å². The number of nitro benzene ring substituents is 1. The number of nitrogens with one attached hydrogen (secondary N) is 1. The highest BCUT2D eigenvalue weighted by Crippen LogP contribution is 2.30. The van der Waals surface area contributed by atoms with Gasteiger partial charge in [-0.1, -0.05) is 6.07 Å². The van der Waals surface area contributed by atoms with E-state index in [1.165, 1.54) is 25.3 Å². The predicted octanol–water partition coefficient (Wildman–Crippen LogP) is 5.33. The summed E-state index contributed by atoms with van der Waals surface area (Å²) < 4.78 is 12.2. The SMILES string of the molecule is COc1cc(/C=C(\C#N)C(=O)Nc2ccc(I)cc2)ccc1OCc1ccc([N+](=O)[O-])cc1. The lowest BCUT2D eigenvalue weighted by atomic mass is 10.1. The second kappa shape index (κ2) is 11.1. The molecule has 166 valence electrons. The largest absolute Gasteiger partial charge is 0.493 e. The normalized spacial score (nSPS) is 10.8. The second-order valence-corrected chi connectivity index (χ2v) is 8.00. The average Bonchev–Trinajstić information content (AvgIpc) is 2.83. The number of nitro groups is 1. The molecule has 33 heavy (non-hydrogen) atoms. The first kappa shape index (κ1) is 23.7. The van der Waals surface area contributed by atoms with Crippen LogP contribution in [0.1, 0.15) is 11.1 Å². The van der Waals surface area contributed by atoms with Crippen molar-refractivity contribution in [3.05, 3.63) is 97.1 Å². The summed E-state index contributed by atoms with van der Waals surface area (Å²) in [6, 6.07) is 20.2. The molecule has 0 fully saturated rings. The van der Waals surface area contributed by atoms with Gasteiger partial charge in [-0.15, -0.1) is 0 Å². The van der Waals surface area contributed by atoms with Crippen LogP contribution in [0.25, 0.3) is 6.08 Å². The van der Waals surface area contributed by atoms with Crippen LogP contribution in [-0.4, -0.2) is 17.9 Å². The summed E-state index contributed by atoms with van der Waals surface area (Å²) in [6.07, 6.45) is 1.46. The number of carbonyl (C=O) groups excluding carboxylic acids is 1. The minimum atomic E-state index is -0.517. The summed E-state index contributed by atoms with van der Waals surface area (Å²) in [5, 5.41) is 22.9. The number of rotatable bonds is 8. The molecule has 0 aromatic heterocycles. The van der Waals surface area contributed by atoms with E-state index >= 15 is 0 Å². The minimum absolute atomic E-state index is 0.00632. The number of nitriles is 1. The van der Waals surface area contributed by atoms with Gasteiger partial charge in [0.15, 0.2) is 11.5 Å². The molecule has 0 saturated heterocycles. The lowest BCUT2D eigenvalue weighted by Crippen LogP contribution is -2.13. The third-order valence-corrected chi connectivity index (χ3v) is 5.23. The third kappa shape index (κ3) is 6.54. The molecule has 0 unspecified atom stereocenters. The molecule has 0 atom stereocenters. The van der Waals surface area contributed by atoms with Crippen molar-refractivity contribution in [3.8, 4) is 17.6 Å². The molecule has 0 radical (unpaired) electrons. The summed E-state index contributed by atoms with van der Waals surface area (Å²) in [5.41, 5.74) is 1.88. The average molecular weight is 555 g/mol. The number of amides is 1. The van der Waals surface area contributed by atoms with Crippen molar-refractivity contribution < 1.29 is 19.2 Å². The highest BCUT2D eigenvalue weighted by atomic mass is 127. The number of ether oxygens (including phenoxy) is 2. The fraction of sp³-hybridized carbons (Fsp3) is 0.0833. The quantitative estimate of drug-likeness (QED) is 0.132. The fourth-order valence-corrected chi connectivity index (χ4v) is 3.17. The Bertz CT molecular complexity index is 1230. The number of anilines is 1. The van der Waals surface area contributed by atoms with Gasteiger partial charge in [-0.3, -0.25) is 14.9 Å². The Hall–Kier alpha value is -3.91. The highest BCUT2D eigenvalue weighted by molar-refractivity contribution is 14.1. The van der Waals surface area contributed by atoms with E-state index in [-0.39, 0.29) is 17.9 Å². The van der Waals surface area contributed by atoms with Crippen molar-refractivity contribution >= 4 is 45.9 Å². The van der Waals surface area contributed by atoms with Crippen molar-refractivity contribution in [2.75, 3.05) is 12.4 Å². The third-order valence-electron chi connectivity index (χ3n) is 4.51. The Balaban J connectivity index is 1.72. The van der Waals surface area contributed by atoms with E-state index in [2.05, 4.69) is 27.9 Å². The van der Waals surface area contributed by atoms with Crippen LogP contribution in [0.4, 0.5) is 11.4 Å².